The summed E-state index contributed by atoms with van der Waals surface area (Å²) in [7, 11) is 0. The van der Waals surface area contributed by atoms with Gasteiger partial charge in [-0.15, -0.1) is 0 Å². The average molecular weight is 322 g/mol. The number of carbonyl (C=O) groups is 1. The Labute approximate surface area is 131 Å². The first-order valence-corrected chi connectivity index (χ1v) is 7.29. The van der Waals surface area contributed by atoms with Crippen molar-refractivity contribution in [2.45, 2.75) is 25.7 Å². The summed E-state index contributed by atoms with van der Waals surface area (Å²) in [4.78, 5) is 17.7. The number of para-hydroxylation sites is 1. The van der Waals surface area contributed by atoms with E-state index in [-0.39, 0.29) is 11.8 Å². The third-order valence-corrected chi connectivity index (χ3v) is 3.69. The van der Waals surface area contributed by atoms with Crippen LogP contribution in [0.5, 0.6) is 0 Å². The van der Waals surface area contributed by atoms with E-state index in [0.717, 1.165) is 12.1 Å². The minimum atomic E-state index is -0.811. The van der Waals surface area contributed by atoms with Gasteiger partial charge in [-0.1, -0.05) is 25.1 Å². The van der Waals surface area contributed by atoms with Gasteiger partial charge in [0.2, 0.25) is 5.89 Å². The van der Waals surface area contributed by atoms with Crippen LogP contribution in [-0.2, 0) is 0 Å². The van der Waals surface area contributed by atoms with E-state index in [9.17, 15) is 13.6 Å². The highest BCUT2D eigenvalue weighted by Gasteiger charge is 2.36. The molecule has 0 radical (unpaired) electrons. The molecule has 8 heteroatoms. The second kappa shape index (κ2) is 5.94. The molecule has 2 amide bonds. The van der Waals surface area contributed by atoms with E-state index in [0.29, 0.717) is 24.8 Å². The van der Waals surface area contributed by atoms with Crippen molar-refractivity contribution in [2.75, 3.05) is 18.4 Å². The number of likely N-dealkylation sites (tertiary alicyclic amines) is 1. The molecule has 2 aromatic rings. The third-order valence-electron chi connectivity index (χ3n) is 3.69. The summed E-state index contributed by atoms with van der Waals surface area (Å²) in [5.41, 5.74) is -0.444. The van der Waals surface area contributed by atoms with E-state index in [1.807, 2.05) is 13.8 Å². The molecular weight excluding hydrogens is 306 g/mol. The van der Waals surface area contributed by atoms with E-state index in [4.69, 9.17) is 4.52 Å². The second-order valence-corrected chi connectivity index (χ2v) is 5.77. The highest BCUT2D eigenvalue weighted by molar-refractivity contribution is 5.90. The van der Waals surface area contributed by atoms with Crippen LogP contribution in [-0.4, -0.2) is 34.2 Å². The zero-order chi connectivity index (χ0) is 16.6. The molecule has 0 bridgehead atoms. The van der Waals surface area contributed by atoms with Gasteiger partial charge in [0.25, 0.3) is 0 Å². The van der Waals surface area contributed by atoms with Crippen LogP contribution in [0.1, 0.15) is 37.4 Å². The van der Waals surface area contributed by atoms with E-state index in [2.05, 4.69) is 15.5 Å². The Kier molecular flexibility index (Phi) is 3.97. The number of urea groups is 1. The Bertz CT molecular complexity index is 706. The minimum Gasteiger partial charge on any atom is -0.339 e. The van der Waals surface area contributed by atoms with Gasteiger partial charge in [0.15, 0.2) is 5.82 Å². The highest BCUT2D eigenvalue weighted by Crippen LogP contribution is 2.28. The smallest absolute Gasteiger partial charge is 0.322 e. The summed E-state index contributed by atoms with van der Waals surface area (Å²) in [5.74, 6) is -0.406. The number of anilines is 1. The van der Waals surface area contributed by atoms with Crippen LogP contribution in [0.15, 0.2) is 22.7 Å². The van der Waals surface area contributed by atoms with Gasteiger partial charge in [-0.3, -0.25) is 0 Å². The number of hydrogen-bond acceptors (Lipinski definition) is 4. The molecular formula is C15H16F2N4O2. The molecule has 2 heterocycles. The lowest BCUT2D eigenvalue weighted by molar-refractivity contribution is 0.147. The fourth-order valence-electron chi connectivity index (χ4n) is 2.25. The van der Waals surface area contributed by atoms with Crippen molar-refractivity contribution in [1.29, 1.82) is 0 Å². The van der Waals surface area contributed by atoms with Crippen LogP contribution >= 0.6 is 0 Å². The topological polar surface area (TPSA) is 71.3 Å². The Morgan fingerprint density at radius 3 is 2.57 bits per heavy atom. The van der Waals surface area contributed by atoms with Crippen molar-refractivity contribution in [3.05, 3.63) is 41.5 Å². The summed E-state index contributed by atoms with van der Waals surface area (Å²) < 4.78 is 32.2. The van der Waals surface area contributed by atoms with Crippen molar-refractivity contribution in [3.8, 4) is 0 Å². The number of nitrogens with zero attached hydrogens (tertiary/aromatic N) is 3. The number of rotatable bonds is 3. The lowest BCUT2D eigenvalue weighted by atomic mass is 10.0. The molecule has 0 spiro atoms. The molecule has 1 N–H and O–H groups in total. The van der Waals surface area contributed by atoms with E-state index >= 15 is 0 Å². The van der Waals surface area contributed by atoms with Gasteiger partial charge in [-0.05, 0) is 12.1 Å². The van der Waals surface area contributed by atoms with Crippen molar-refractivity contribution in [1.82, 2.24) is 15.0 Å². The molecule has 3 rings (SSSR count). The largest absolute Gasteiger partial charge is 0.339 e. The van der Waals surface area contributed by atoms with Gasteiger partial charge in [0.1, 0.15) is 17.3 Å². The number of benzene rings is 1. The van der Waals surface area contributed by atoms with E-state index in [1.165, 1.54) is 11.0 Å². The quantitative estimate of drug-likeness (QED) is 0.942. The molecule has 1 saturated heterocycles. The van der Waals surface area contributed by atoms with Crippen LogP contribution in [0.4, 0.5) is 19.3 Å². The maximum atomic E-state index is 13.5. The van der Waals surface area contributed by atoms with Crippen LogP contribution in [0.2, 0.25) is 0 Å². The molecule has 0 aliphatic carbocycles. The molecule has 1 aliphatic rings. The van der Waals surface area contributed by atoms with Gasteiger partial charge >= 0.3 is 6.03 Å². The van der Waals surface area contributed by atoms with Crippen LogP contribution in [0, 0.1) is 11.6 Å². The Hall–Kier alpha value is -2.51. The summed E-state index contributed by atoms with van der Waals surface area (Å²) in [6.45, 7) is 4.64. The molecule has 1 aliphatic heterocycles. The number of hydrogen-bond donors (Lipinski definition) is 1. The fraction of sp³-hybridized carbons (Fsp3) is 0.400. The molecule has 1 aromatic carbocycles. The Morgan fingerprint density at radius 2 is 2.00 bits per heavy atom. The zero-order valence-corrected chi connectivity index (χ0v) is 12.7. The SMILES string of the molecule is CC(C)c1noc(C2CN(C(=O)Nc3c(F)cccc3F)C2)n1. The van der Waals surface area contributed by atoms with Gasteiger partial charge in [-0.2, -0.15) is 4.98 Å². The monoisotopic (exact) mass is 322 g/mol. The maximum Gasteiger partial charge on any atom is 0.322 e. The van der Waals surface area contributed by atoms with Crippen LogP contribution < -0.4 is 5.32 Å². The number of nitrogens with one attached hydrogen (secondary N) is 1. The zero-order valence-electron chi connectivity index (χ0n) is 12.7. The minimum absolute atomic E-state index is 0.0498. The first-order chi connectivity index (χ1) is 11.0. The number of amides is 2. The van der Waals surface area contributed by atoms with Gasteiger partial charge in [-0.25, -0.2) is 13.6 Å². The standard InChI is InChI=1S/C15H16F2N4O2/c1-8(2)13-19-14(23-20-13)9-6-21(7-9)15(22)18-12-10(16)4-3-5-11(12)17/h3-5,8-9H,6-7H2,1-2H3,(H,18,22). The first kappa shape index (κ1) is 15.4. The number of halogens is 2. The summed E-state index contributed by atoms with van der Waals surface area (Å²) >= 11 is 0. The molecule has 0 saturated carbocycles. The molecule has 23 heavy (non-hydrogen) atoms. The first-order valence-electron chi connectivity index (χ1n) is 7.29. The lowest BCUT2D eigenvalue weighted by Crippen LogP contribution is -2.50. The number of carbonyl (C=O) groups excluding carboxylic acids is 1. The van der Waals surface area contributed by atoms with Gasteiger partial charge in [0.05, 0.1) is 5.92 Å². The van der Waals surface area contributed by atoms with Crippen LogP contribution in [0.3, 0.4) is 0 Å². The molecule has 1 aromatic heterocycles. The average Bonchev–Trinajstić information content (AvgIpc) is 2.91. The van der Waals surface area contributed by atoms with Crippen molar-refractivity contribution < 1.29 is 18.1 Å². The van der Waals surface area contributed by atoms with Gasteiger partial charge in [0, 0.05) is 19.0 Å². The normalized spacial score (nSPS) is 14.9. The van der Waals surface area contributed by atoms with Gasteiger partial charge < -0.3 is 14.7 Å². The fourth-order valence-corrected chi connectivity index (χ4v) is 2.25. The molecule has 0 atom stereocenters. The summed E-state index contributed by atoms with van der Waals surface area (Å²) in [5, 5.41) is 6.12. The lowest BCUT2D eigenvalue weighted by Gasteiger charge is -2.36. The van der Waals surface area contributed by atoms with Crippen molar-refractivity contribution in [2.24, 2.45) is 0 Å². The molecule has 0 unspecified atom stereocenters. The van der Waals surface area contributed by atoms with E-state index < -0.39 is 23.4 Å². The predicted octanol–water partition coefficient (Wildman–Crippen LogP) is 3.10. The van der Waals surface area contributed by atoms with Crippen molar-refractivity contribution >= 4 is 11.7 Å². The molecule has 1 fully saturated rings. The Morgan fingerprint density at radius 1 is 1.35 bits per heavy atom. The highest BCUT2D eigenvalue weighted by atomic mass is 19.1. The van der Waals surface area contributed by atoms with Crippen molar-refractivity contribution in [3.63, 3.8) is 0 Å². The molecule has 122 valence electrons. The second-order valence-electron chi connectivity index (χ2n) is 5.77. The summed E-state index contributed by atoms with van der Waals surface area (Å²) in [6, 6.07) is 2.85. The molecule has 6 nitrogen and oxygen atoms in total. The van der Waals surface area contributed by atoms with Crippen LogP contribution in [0.25, 0.3) is 0 Å². The number of aromatic nitrogens is 2. The Balaban J connectivity index is 1.59. The third kappa shape index (κ3) is 3.01. The summed E-state index contributed by atoms with van der Waals surface area (Å²) in [6.07, 6.45) is 0. The van der Waals surface area contributed by atoms with E-state index in [1.54, 1.807) is 0 Å². The predicted molar refractivity (Wildman–Crippen MR) is 78.1 cm³/mol. The maximum absolute atomic E-state index is 13.5.